The average molecular weight is 523 g/mol. The summed E-state index contributed by atoms with van der Waals surface area (Å²) in [4.78, 5) is 30.0. The third-order valence-electron chi connectivity index (χ3n) is 5.96. The number of carbonyl (C=O) groups excluding carboxylic acids is 2. The molecule has 1 N–H and O–H groups in total. The van der Waals surface area contributed by atoms with E-state index in [2.05, 4.69) is 19.2 Å². The average Bonchev–Trinajstić information content (AvgIpc) is 2.87. The number of rotatable bonds is 12. The van der Waals surface area contributed by atoms with Crippen molar-refractivity contribution in [1.29, 1.82) is 0 Å². The Hall–Kier alpha value is -2.76. The van der Waals surface area contributed by atoms with Gasteiger partial charge < -0.3 is 10.2 Å². The Morgan fingerprint density at radius 2 is 1.61 bits per heavy atom. The van der Waals surface area contributed by atoms with E-state index in [1.165, 1.54) is 0 Å². The number of benzene rings is 3. The molecule has 3 rings (SSSR count). The van der Waals surface area contributed by atoms with Crippen LogP contribution in [0, 0.1) is 12.8 Å². The Bertz CT molecular complexity index is 1120. The van der Waals surface area contributed by atoms with E-state index in [0.717, 1.165) is 21.6 Å². The lowest BCUT2D eigenvalue weighted by molar-refractivity contribution is -0.141. The second-order valence-electron chi connectivity index (χ2n) is 9.35. The molecule has 0 aliphatic carbocycles. The minimum absolute atomic E-state index is 0.0275. The summed E-state index contributed by atoms with van der Waals surface area (Å²) < 4.78 is 0. The Kier molecular flexibility index (Phi) is 10.9. The van der Waals surface area contributed by atoms with Gasteiger partial charge in [0, 0.05) is 41.6 Å². The fourth-order valence-electron chi connectivity index (χ4n) is 3.88. The molecule has 1 unspecified atom stereocenters. The zero-order valence-corrected chi connectivity index (χ0v) is 22.8. The largest absolute Gasteiger partial charge is 0.354 e. The Morgan fingerprint density at radius 1 is 0.944 bits per heavy atom. The van der Waals surface area contributed by atoms with Crippen molar-refractivity contribution in [3.63, 3.8) is 0 Å². The lowest BCUT2D eigenvalue weighted by atomic mass is 10.0. The molecule has 4 nitrogen and oxygen atoms in total. The molecule has 190 valence electrons. The molecule has 0 spiro atoms. The summed E-state index contributed by atoms with van der Waals surface area (Å²) in [5.74, 6) is 0.805. The number of aryl methyl sites for hydroxylation is 1. The Morgan fingerprint density at radius 3 is 2.28 bits per heavy atom. The maximum absolute atomic E-state index is 13.7. The van der Waals surface area contributed by atoms with Crippen LogP contribution in [0.1, 0.15) is 37.0 Å². The summed E-state index contributed by atoms with van der Waals surface area (Å²) in [6, 6.07) is 25.0. The van der Waals surface area contributed by atoms with Crippen LogP contribution in [0.4, 0.5) is 0 Å². The first-order valence-corrected chi connectivity index (χ1v) is 13.7. The molecule has 6 heteroatoms. The number of amides is 2. The summed E-state index contributed by atoms with van der Waals surface area (Å²) in [5, 5.41) is 3.77. The van der Waals surface area contributed by atoms with Crippen molar-refractivity contribution in [3.05, 3.63) is 101 Å². The van der Waals surface area contributed by atoms with Crippen molar-refractivity contribution in [1.82, 2.24) is 10.2 Å². The van der Waals surface area contributed by atoms with E-state index in [4.69, 9.17) is 11.6 Å². The van der Waals surface area contributed by atoms with Crippen molar-refractivity contribution in [2.24, 2.45) is 5.92 Å². The van der Waals surface area contributed by atoms with Gasteiger partial charge in [-0.2, -0.15) is 0 Å². The topological polar surface area (TPSA) is 49.4 Å². The Balaban J connectivity index is 1.84. The van der Waals surface area contributed by atoms with Gasteiger partial charge in [-0.3, -0.25) is 9.59 Å². The molecule has 0 aliphatic rings. The van der Waals surface area contributed by atoms with Gasteiger partial charge in [-0.25, -0.2) is 0 Å². The summed E-state index contributed by atoms with van der Waals surface area (Å²) >= 11 is 7.61. The van der Waals surface area contributed by atoms with Crippen LogP contribution in [0.15, 0.2) is 83.8 Å². The highest BCUT2D eigenvalue weighted by molar-refractivity contribution is 7.99. The van der Waals surface area contributed by atoms with Gasteiger partial charge in [0.2, 0.25) is 11.8 Å². The van der Waals surface area contributed by atoms with E-state index < -0.39 is 6.04 Å². The van der Waals surface area contributed by atoms with E-state index in [9.17, 15) is 9.59 Å². The van der Waals surface area contributed by atoms with E-state index in [1.807, 2.05) is 85.8 Å². The summed E-state index contributed by atoms with van der Waals surface area (Å²) in [5.41, 5.74) is 3.18. The maximum atomic E-state index is 13.7. The van der Waals surface area contributed by atoms with Crippen molar-refractivity contribution in [2.75, 3.05) is 12.3 Å². The third-order valence-corrected chi connectivity index (χ3v) is 7.22. The van der Waals surface area contributed by atoms with Gasteiger partial charge in [0.15, 0.2) is 0 Å². The molecule has 3 aromatic carbocycles. The summed E-state index contributed by atoms with van der Waals surface area (Å²) in [6.07, 6.45) is 0.800. The van der Waals surface area contributed by atoms with Crippen LogP contribution in [-0.4, -0.2) is 35.1 Å². The fraction of sp³-hybridized carbons (Fsp3) is 0.333. The molecular weight excluding hydrogens is 488 g/mol. The lowest BCUT2D eigenvalue weighted by Crippen LogP contribution is -2.51. The van der Waals surface area contributed by atoms with Gasteiger partial charge >= 0.3 is 0 Å². The molecule has 0 saturated heterocycles. The van der Waals surface area contributed by atoms with Crippen LogP contribution in [-0.2, 0) is 22.6 Å². The van der Waals surface area contributed by atoms with Crippen molar-refractivity contribution in [3.8, 4) is 0 Å². The molecule has 0 saturated carbocycles. The second kappa shape index (κ2) is 14.1. The van der Waals surface area contributed by atoms with Gasteiger partial charge in [0.25, 0.3) is 0 Å². The molecule has 2 amide bonds. The van der Waals surface area contributed by atoms with E-state index >= 15 is 0 Å². The molecule has 0 aromatic heterocycles. The quantitative estimate of drug-likeness (QED) is 0.275. The zero-order valence-electron chi connectivity index (χ0n) is 21.2. The van der Waals surface area contributed by atoms with Gasteiger partial charge in [0.1, 0.15) is 6.04 Å². The van der Waals surface area contributed by atoms with Crippen LogP contribution in [0.2, 0.25) is 5.02 Å². The van der Waals surface area contributed by atoms with Gasteiger partial charge in [-0.15, -0.1) is 11.8 Å². The number of thioether (sulfide) groups is 1. The highest BCUT2D eigenvalue weighted by Gasteiger charge is 2.30. The van der Waals surface area contributed by atoms with Crippen molar-refractivity contribution >= 4 is 35.2 Å². The summed E-state index contributed by atoms with van der Waals surface area (Å²) in [7, 11) is 0. The van der Waals surface area contributed by atoms with Crippen molar-refractivity contribution < 1.29 is 9.59 Å². The number of nitrogens with zero attached hydrogens (tertiary/aromatic N) is 1. The monoisotopic (exact) mass is 522 g/mol. The van der Waals surface area contributed by atoms with Crippen LogP contribution < -0.4 is 5.32 Å². The minimum Gasteiger partial charge on any atom is -0.354 e. The normalized spacial score (nSPS) is 11.8. The number of halogens is 1. The molecular formula is C30H35ClN2O2S. The van der Waals surface area contributed by atoms with Crippen LogP contribution >= 0.6 is 23.4 Å². The predicted molar refractivity (Wildman–Crippen MR) is 150 cm³/mol. The molecule has 1 atom stereocenters. The standard InChI is InChI=1S/C30H35ClN2O2S/c1-22(2)20-32-30(35)28(19-24-10-5-4-6-11-24)33(21-25-12-8-7-9-23(25)3)29(34)17-18-36-27-15-13-26(31)14-16-27/h4-16,22,28H,17-21H2,1-3H3,(H,32,35). The lowest BCUT2D eigenvalue weighted by Gasteiger charge is -2.32. The number of hydrogen-bond donors (Lipinski definition) is 1. The van der Waals surface area contributed by atoms with Crippen molar-refractivity contribution in [2.45, 2.75) is 51.1 Å². The summed E-state index contributed by atoms with van der Waals surface area (Å²) in [6.45, 7) is 7.14. The molecule has 0 fully saturated rings. The first kappa shape index (κ1) is 27.8. The molecule has 0 bridgehead atoms. The SMILES string of the molecule is Cc1ccccc1CN(C(=O)CCSc1ccc(Cl)cc1)C(Cc1ccccc1)C(=O)NCC(C)C. The first-order valence-electron chi connectivity index (χ1n) is 12.4. The van der Waals surface area contributed by atoms with Gasteiger partial charge in [-0.05, 0) is 53.8 Å². The molecule has 0 heterocycles. The molecule has 0 aliphatic heterocycles. The highest BCUT2D eigenvalue weighted by atomic mass is 35.5. The van der Waals surface area contributed by atoms with Crippen LogP contribution in [0.25, 0.3) is 0 Å². The van der Waals surface area contributed by atoms with Gasteiger partial charge in [0.05, 0.1) is 0 Å². The van der Waals surface area contributed by atoms with Gasteiger partial charge in [-0.1, -0.05) is 80.0 Å². The van der Waals surface area contributed by atoms with Crippen LogP contribution in [0.5, 0.6) is 0 Å². The fourth-order valence-corrected chi connectivity index (χ4v) is 4.85. The smallest absolute Gasteiger partial charge is 0.243 e. The number of carbonyl (C=O) groups is 2. The van der Waals surface area contributed by atoms with E-state index in [1.54, 1.807) is 16.7 Å². The van der Waals surface area contributed by atoms with E-state index in [-0.39, 0.29) is 11.8 Å². The molecule has 3 aromatic rings. The third kappa shape index (κ3) is 8.72. The van der Waals surface area contributed by atoms with E-state index in [0.29, 0.717) is 42.6 Å². The Labute approximate surface area is 224 Å². The molecule has 36 heavy (non-hydrogen) atoms. The highest BCUT2D eigenvalue weighted by Crippen LogP contribution is 2.23. The maximum Gasteiger partial charge on any atom is 0.243 e. The first-order chi connectivity index (χ1) is 17.3. The minimum atomic E-state index is -0.598. The number of hydrogen-bond acceptors (Lipinski definition) is 3. The number of nitrogens with one attached hydrogen (secondary N) is 1. The second-order valence-corrected chi connectivity index (χ2v) is 10.9. The zero-order chi connectivity index (χ0) is 25.9. The van der Waals surface area contributed by atoms with Crippen LogP contribution in [0.3, 0.4) is 0 Å². The molecule has 0 radical (unpaired) electrons. The predicted octanol–water partition coefficient (Wildman–Crippen LogP) is 6.54.